The fourth-order valence-electron chi connectivity index (χ4n) is 7.87. The molecule has 192 valence electrons. The van der Waals surface area contributed by atoms with Gasteiger partial charge >= 0.3 is 0 Å². The fourth-order valence-corrected chi connectivity index (χ4v) is 7.87. The van der Waals surface area contributed by atoms with Gasteiger partial charge in [0.25, 0.3) is 0 Å². The van der Waals surface area contributed by atoms with Gasteiger partial charge in [-0.05, 0) is 153 Å². The first-order valence-corrected chi connectivity index (χ1v) is 14.2. The summed E-state index contributed by atoms with van der Waals surface area (Å²) in [6.07, 6.45) is 11.3. The average Bonchev–Trinajstić information content (AvgIpc) is 2.86. The Balaban J connectivity index is 1.64. The Labute approximate surface area is 225 Å². The number of aryl methyl sites for hydroxylation is 1. The number of hydrogen-bond donors (Lipinski definition) is 1. The Kier molecular flexibility index (Phi) is 6.62. The van der Waals surface area contributed by atoms with Gasteiger partial charge in [-0.2, -0.15) is 0 Å². The molecule has 0 bridgehead atoms. The van der Waals surface area contributed by atoms with Crippen molar-refractivity contribution in [1.29, 1.82) is 0 Å². The maximum Gasteiger partial charge on any atom is 0.0660 e. The number of hydrogen-bond acceptors (Lipinski definition) is 1. The van der Waals surface area contributed by atoms with Crippen molar-refractivity contribution in [1.82, 2.24) is 0 Å². The molecule has 0 aromatic heterocycles. The van der Waals surface area contributed by atoms with Gasteiger partial charge < -0.3 is 5.73 Å². The second kappa shape index (κ2) is 9.49. The van der Waals surface area contributed by atoms with E-state index < -0.39 is 5.54 Å². The predicted molar refractivity (Wildman–Crippen MR) is 159 cm³/mol. The van der Waals surface area contributed by atoms with E-state index in [9.17, 15) is 0 Å². The van der Waals surface area contributed by atoms with Crippen LogP contribution in [0.5, 0.6) is 0 Å². The number of benzene rings is 1. The van der Waals surface area contributed by atoms with Gasteiger partial charge in [0.05, 0.1) is 5.54 Å². The zero-order valence-corrected chi connectivity index (χ0v) is 23.7. The standard InChI is InChI=1S/C36H43N/c1-9-28-18-29(16-15-27-13-11-10-12-14-27)23(5)34-24(6)35-26(8)36(37)25(7)33(21(2)3)22(4)17-31(36)19-30(35)20-32(28)34/h13,18,30-31H,2,6-7,9-12,14,17,19-20,37H2,1,3-5,8H3. The van der Waals surface area contributed by atoms with Crippen LogP contribution in [0.2, 0.25) is 0 Å². The molecule has 2 N–H and O–H groups in total. The van der Waals surface area contributed by atoms with E-state index in [-0.39, 0.29) is 0 Å². The number of fused-ring (bicyclic) bond motifs is 3. The summed E-state index contributed by atoms with van der Waals surface area (Å²) in [6.45, 7) is 24.7. The van der Waals surface area contributed by atoms with Gasteiger partial charge in [-0.15, -0.1) is 0 Å². The monoisotopic (exact) mass is 489 g/mol. The van der Waals surface area contributed by atoms with E-state index in [1.54, 1.807) is 0 Å². The molecule has 3 unspecified atom stereocenters. The van der Waals surface area contributed by atoms with Gasteiger partial charge in [0.15, 0.2) is 0 Å². The Bertz CT molecular complexity index is 1390. The largest absolute Gasteiger partial charge is 0.318 e. The van der Waals surface area contributed by atoms with Gasteiger partial charge in [0.2, 0.25) is 0 Å². The van der Waals surface area contributed by atoms with Crippen molar-refractivity contribution in [3.63, 3.8) is 0 Å². The van der Waals surface area contributed by atoms with Crippen molar-refractivity contribution in [2.24, 2.45) is 17.6 Å². The van der Waals surface area contributed by atoms with E-state index in [0.717, 1.165) is 60.8 Å². The van der Waals surface area contributed by atoms with Gasteiger partial charge in [-0.25, -0.2) is 0 Å². The van der Waals surface area contributed by atoms with Crippen LogP contribution in [-0.4, -0.2) is 5.54 Å². The zero-order valence-electron chi connectivity index (χ0n) is 23.7. The van der Waals surface area contributed by atoms with E-state index in [0.29, 0.717) is 11.8 Å². The van der Waals surface area contributed by atoms with Crippen molar-refractivity contribution in [3.8, 4) is 11.8 Å². The first kappa shape index (κ1) is 25.8. The van der Waals surface area contributed by atoms with Crippen molar-refractivity contribution in [2.45, 2.75) is 91.5 Å². The number of rotatable bonds is 2. The van der Waals surface area contributed by atoms with Crippen molar-refractivity contribution >= 4 is 5.57 Å². The molecule has 37 heavy (non-hydrogen) atoms. The Morgan fingerprint density at radius 1 is 1.14 bits per heavy atom. The molecular formula is C36H43N. The molecule has 0 radical (unpaired) electrons. The Morgan fingerprint density at radius 2 is 1.89 bits per heavy atom. The molecule has 0 fully saturated rings. The van der Waals surface area contributed by atoms with E-state index in [2.05, 4.69) is 71.8 Å². The van der Waals surface area contributed by atoms with E-state index >= 15 is 0 Å². The molecule has 0 aliphatic heterocycles. The summed E-state index contributed by atoms with van der Waals surface area (Å²) < 4.78 is 0. The lowest BCUT2D eigenvalue weighted by Crippen LogP contribution is -2.56. The lowest BCUT2D eigenvalue weighted by molar-refractivity contribution is 0.264. The van der Waals surface area contributed by atoms with Crippen LogP contribution >= 0.6 is 0 Å². The number of allylic oxidation sites excluding steroid dienone is 6. The second-order valence-corrected chi connectivity index (χ2v) is 12.0. The molecule has 0 saturated heterocycles. The lowest BCUT2D eigenvalue weighted by atomic mass is 9.54. The maximum atomic E-state index is 7.38. The van der Waals surface area contributed by atoms with Gasteiger partial charge in [0.1, 0.15) is 0 Å². The molecule has 1 aromatic rings. The van der Waals surface area contributed by atoms with Gasteiger partial charge in [0, 0.05) is 5.56 Å². The van der Waals surface area contributed by atoms with Crippen LogP contribution in [0.3, 0.4) is 0 Å². The quantitative estimate of drug-likeness (QED) is 0.414. The van der Waals surface area contributed by atoms with Crippen LogP contribution in [0, 0.1) is 30.6 Å². The molecule has 5 rings (SSSR count). The maximum absolute atomic E-state index is 7.38. The third-order valence-electron chi connectivity index (χ3n) is 9.75. The highest BCUT2D eigenvalue weighted by atomic mass is 14.8. The summed E-state index contributed by atoms with van der Waals surface area (Å²) in [6, 6.07) is 2.37. The highest BCUT2D eigenvalue weighted by Gasteiger charge is 2.50. The van der Waals surface area contributed by atoms with Crippen LogP contribution < -0.4 is 5.73 Å². The third-order valence-corrected chi connectivity index (χ3v) is 9.75. The average molecular weight is 490 g/mol. The van der Waals surface area contributed by atoms with E-state index in [1.807, 2.05) is 0 Å². The van der Waals surface area contributed by atoms with E-state index in [1.165, 1.54) is 63.0 Å². The lowest BCUT2D eigenvalue weighted by Gasteiger charge is -2.52. The summed E-state index contributed by atoms with van der Waals surface area (Å²) in [7, 11) is 0. The summed E-state index contributed by atoms with van der Waals surface area (Å²) >= 11 is 0. The molecule has 4 aliphatic carbocycles. The van der Waals surface area contributed by atoms with Crippen LogP contribution in [0.4, 0.5) is 0 Å². The highest BCUT2D eigenvalue weighted by Crippen LogP contribution is 2.56. The summed E-state index contributed by atoms with van der Waals surface area (Å²) in [5.74, 6) is 7.90. The second-order valence-electron chi connectivity index (χ2n) is 12.0. The van der Waals surface area contributed by atoms with Crippen LogP contribution in [0.1, 0.15) is 94.0 Å². The van der Waals surface area contributed by atoms with E-state index in [4.69, 9.17) is 12.3 Å². The molecule has 1 aromatic carbocycles. The number of nitrogens with two attached hydrogens (primary N) is 1. The van der Waals surface area contributed by atoms with Gasteiger partial charge in [-0.3, -0.25) is 0 Å². The minimum Gasteiger partial charge on any atom is -0.318 e. The third kappa shape index (κ3) is 3.97. The summed E-state index contributed by atoms with van der Waals surface area (Å²) in [5.41, 5.74) is 23.3. The molecule has 0 saturated carbocycles. The van der Waals surface area contributed by atoms with Crippen LogP contribution in [0.25, 0.3) is 5.57 Å². The topological polar surface area (TPSA) is 26.0 Å². The summed E-state index contributed by atoms with van der Waals surface area (Å²) in [5, 5.41) is 0. The minimum atomic E-state index is -0.535. The SMILES string of the molecule is C=C(C)C1=C(C)CC2CC3Cc4c(CC)cc(C#CC5=CCCCC5)c(C)c4C(=C)C3=C(C)C2(N)C1=C. The molecule has 0 amide bonds. The Hall–Kier alpha value is -2.82. The molecule has 0 spiro atoms. The first-order chi connectivity index (χ1) is 17.6. The Morgan fingerprint density at radius 3 is 2.54 bits per heavy atom. The molecule has 0 heterocycles. The van der Waals surface area contributed by atoms with Crippen LogP contribution in [-0.2, 0) is 12.8 Å². The van der Waals surface area contributed by atoms with Crippen molar-refractivity contribution < 1.29 is 0 Å². The molecular weight excluding hydrogens is 446 g/mol. The highest BCUT2D eigenvalue weighted by molar-refractivity contribution is 5.87. The van der Waals surface area contributed by atoms with Crippen molar-refractivity contribution in [3.05, 3.63) is 98.7 Å². The smallest absolute Gasteiger partial charge is 0.0660 e. The first-order valence-electron chi connectivity index (χ1n) is 14.2. The molecule has 3 atom stereocenters. The predicted octanol–water partition coefficient (Wildman–Crippen LogP) is 8.48. The minimum absolute atomic E-state index is 0.367. The fraction of sp³-hybridized carbons (Fsp3) is 0.444. The van der Waals surface area contributed by atoms with Crippen LogP contribution in [0.15, 0.2) is 70.9 Å². The summed E-state index contributed by atoms with van der Waals surface area (Å²) in [4.78, 5) is 0. The van der Waals surface area contributed by atoms with Crippen molar-refractivity contribution in [2.75, 3.05) is 0 Å². The zero-order chi connectivity index (χ0) is 26.6. The normalized spacial score (nSPS) is 27.1. The van der Waals surface area contributed by atoms with Gasteiger partial charge in [-0.1, -0.05) is 55.7 Å². The molecule has 4 aliphatic rings. The molecule has 1 nitrogen and oxygen atoms in total. The molecule has 1 heteroatoms.